The maximum absolute atomic E-state index is 2.58. The molecule has 2 aromatic carbocycles. The topological polar surface area (TPSA) is 3.24 Å². The first-order valence-corrected chi connectivity index (χ1v) is 7.59. The Labute approximate surface area is 122 Å². The minimum Gasteiger partial charge on any atom is -0.296 e. The van der Waals surface area contributed by atoms with E-state index >= 15 is 0 Å². The Hall–Kier alpha value is -1.60. The van der Waals surface area contributed by atoms with Crippen LogP contribution in [0.1, 0.15) is 36.9 Å². The summed E-state index contributed by atoms with van der Waals surface area (Å²) in [5.41, 5.74) is 2.91. The molecule has 1 aliphatic rings. The number of rotatable bonds is 4. The lowest BCUT2D eigenvalue weighted by molar-refractivity contribution is 0.0468. The molecule has 0 unspecified atom stereocenters. The predicted molar refractivity (Wildman–Crippen MR) is 84.8 cm³/mol. The van der Waals surface area contributed by atoms with Gasteiger partial charge in [-0.1, -0.05) is 67.6 Å². The Morgan fingerprint density at radius 3 is 1.85 bits per heavy atom. The fraction of sp³-hybridized carbons (Fsp3) is 0.368. The van der Waals surface area contributed by atoms with Crippen LogP contribution in [0.2, 0.25) is 0 Å². The first-order chi connectivity index (χ1) is 9.75. The van der Waals surface area contributed by atoms with Crippen molar-refractivity contribution in [2.24, 2.45) is 5.92 Å². The van der Waals surface area contributed by atoms with E-state index in [-0.39, 0.29) is 0 Å². The molecule has 104 valence electrons. The Balaban J connectivity index is 1.59. The van der Waals surface area contributed by atoms with E-state index < -0.39 is 0 Å². The van der Waals surface area contributed by atoms with Crippen LogP contribution >= 0.6 is 0 Å². The number of benzene rings is 2. The van der Waals surface area contributed by atoms with Crippen LogP contribution in [0.25, 0.3) is 0 Å². The zero-order valence-electron chi connectivity index (χ0n) is 12.4. The summed E-state index contributed by atoms with van der Waals surface area (Å²) in [4.78, 5) is 2.58. The normalized spacial score (nSPS) is 19.3. The quantitative estimate of drug-likeness (QED) is 0.787. The predicted octanol–water partition coefficient (Wildman–Crippen LogP) is 4.48. The molecule has 0 saturated carbocycles. The van der Waals surface area contributed by atoms with Gasteiger partial charge in [0.2, 0.25) is 0 Å². The first kappa shape index (κ1) is 13.4. The van der Waals surface area contributed by atoms with Crippen LogP contribution in [0.4, 0.5) is 0 Å². The highest BCUT2D eigenvalue weighted by Crippen LogP contribution is 2.36. The number of nitrogens with zero attached hydrogens (tertiary/aromatic N) is 1. The molecule has 0 amide bonds. The Kier molecular flexibility index (Phi) is 3.88. The summed E-state index contributed by atoms with van der Waals surface area (Å²) in [6, 6.07) is 22.3. The summed E-state index contributed by atoms with van der Waals surface area (Å²) in [6.07, 6.45) is 0. The van der Waals surface area contributed by atoms with Gasteiger partial charge in [-0.2, -0.15) is 0 Å². The van der Waals surface area contributed by atoms with E-state index in [9.17, 15) is 0 Å². The van der Waals surface area contributed by atoms with Gasteiger partial charge in [0.15, 0.2) is 0 Å². The summed E-state index contributed by atoms with van der Waals surface area (Å²) in [5.74, 6) is 1.46. The molecule has 20 heavy (non-hydrogen) atoms. The van der Waals surface area contributed by atoms with E-state index in [1.54, 1.807) is 0 Å². The molecule has 1 heteroatoms. The van der Waals surface area contributed by atoms with E-state index in [0.29, 0.717) is 12.0 Å². The first-order valence-electron chi connectivity index (χ1n) is 7.59. The summed E-state index contributed by atoms with van der Waals surface area (Å²) in [6.45, 7) is 7.11. The van der Waals surface area contributed by atoms with Crippen LogP contribution < -0.4 is 0 Å². The molecule has 2 atom stereocenters. The van der Waals surface area contributed by atoms with E-state index in [4.69, 9.17) is 0 Å². The van der Waals surface area contributed by atoms with Gasteiger partial charge in [0.1, 0.15) is 0 Å². The highest BCUT2D eigenvalue weighted by molar-refractivity contribution is 5.22. The zero-order chi connectivity index (χ0) is 13.9. The van der Waals surface area contributed by atoms with E-state index in [1.807, 2.05) is 0 Å². The molecule has 0 bridgehead atoms. The standard InChI is InChI=1S/C19H23N/c1-15(17-9-5-3-6-10-17)19-13-20(14-19)16(2)18-11-7-4-8-12-18/h3-12,15-16,19H,13-14H2,1-2H3/t15-,16-/m0/s1. The van der Waals surface area contributed by atoms with Crippen molar-refractivity contribution in [2.45, 2.75) is 25.8 Å². The molecule has 1 nitrogen and oxygen atoms in total. The molecule has 0 N–H and O–H groups in total. The fourth-order valence-corrected chi connectivity index (χ4v) is 3.15. The minimum absolute atomic E-state index is 0.537. The van der Waals surface area contributed by atoms with Gasteiger partial charge >= 0.3 is 0 Å². The zero-order valence-corrected chi connectivity index (χ0v) is 12.4. The van der Waals surface area contributed by atoms with Crippen molar-refractivity contribution in [3.05, 3.63) is 71.8 Å². The summed E-state index contributed by atoms with van der Waals surface area (Å²) >= 11 is 0. The second kappa shape index (κ2) is 5.80. The summed E-state index contributed by atoms with van der Waals surface area (Å²) < 4.78 is 0. The maximum Gasteiger partial charge on any atom is 0.0320 e. The van der Waals surface area contributed by atoms with E-state index in [2.05, 4.69) is 79.4 Å². The third-order valence-electron chi connectivity index (χ3n) is 4.80. The van der Waals surface area contributed by atoms with E-state index in [1.165, 1.54) is 24.2 Å². The molecular formula is C19H23N. The van der Waals surface area contributed by atoms with Crippen molar-refractivity contribution in [3.63, 3.8) is 0 Å². The molecule has 0 spiro atoms. The van der Waals surface area contributed by atoms with Gasteiger partial charge in [0, 0.05) is 19.1 Å². The fourth-order valence-electron chi connectivity index (χ4n) is 3.15. The minimum atomic E-state index is 0.537. The van der Waals surface area contributed by atoms with Crippen molar-refractivity contribution in [3.8, 4) is 0 Å². The molecule has 0 aliphatic carbocycles. The maximum atomic E-state index is 2.58. The van der Waals surface area contributed by atoms with Gasteiger partial charge in [-0.3, -0.25) is 4.90 Å². The average Bonchev–Trinajstić information content (AvgIpc) is 2.47. The summed E-state index contributed by atoms with van der Waals surface area (Å²) in [5, 5.41) is 0. The van der Waals surface area contributed by atoms with Gasteiger partial charge in [-0.25, -0.2) is 0 Å². The van der Waals surface area contributed by atoms with Gasteiger partial charge in [0.05, 0.1) is 0 Å². The Morgan fingerprint density at radius 1 is 0.800 bits per heavy atom. The Bertz CT molecular complexity index is 479. The van der Waals surface area contributed by atoms with Crippen molar-refractivity contribution in [2.75, 3.05) is 13.1 Å². The molecule has 1 aliphatic heterocycles. The second-order valence-electron chi connectivity index (χ2n) is 6.00. The lowest BCUT2D eigenvalue weighted by Crippen LogP contribution is -2.49. The van der Waals surface area contributed by atoms with Crippen LogP contribution in [-0.2, 0) is 0 Å². The molecule has 0 radical (unpaired) electrons. The molecule has 1 heterocycles. The summed E-state index contributed by atoms with van der Waals surface area (Å²) in [7, 11) is 0. The van der Waals surface area contributed by atoms with Gasteiger partial charge in [0.25, 0.3) is 0 Å². The molecular weight excluding hydrogens is 242 g/mol. The SMILES string of the molecule is C[C@@H](c1ccccc1)C1CN([C@@H](C)c2ccccc2)C1. The van der Waals surface area contributed by atoms with Crippen molar-refractivity contribution < 1.29 is 0 Å². The van der Waals surface area contributed by atoms with Crippen molar-refractivity contribution in [1.82, 2.24) is 4.90 Å². The van der Waals surface area contributed by atoms with Crippen LogP contribution in [0.15, 0.2) is 60.7 Å². The smallest absolute Gasteiger partial charge is 0.0320 e. The van der Waals surface area contributed by atoms with Crippen LogP contribution in [0, 0.1) is 5.92 Å². The van der Waals surface area contributed by atoms with Crippen molar-refractivity contribution in [1.29, 1.82) is 0 Å². The van der Waals surface area contributed by atoms with Crippen LogP contribution in [0.3, 0.4) is 0 Å². The lowest BCUT2D eigenvalue weighted by Gasteiger charge is -2.46. The number of hydrogen-bond acceptors (Lipinski definition) is 1. The number of hydrogen-bond donors (Lipinski definition) is 0. The van der Waals surface area contributed by atoms with Gasteiger partial charge < -0.3 is 0 Å². The monoisotopic (exact) mass is 265 g/mol. The molecule has 1 fully saturated rings. The van der Waals surface area contributed by atoms with Gasteiger partial charge in [-0.15, -0.1) is 0 Å². The third-order valence-corrected chi connectivity index (χ3v) is 4.80. The molecule has 0 aromatic heterocycles. The van der Waals surface area contributed by atoms with Crippen molar-refractivity contribution >= 4 is 0 Å². The highest BCUT2D eigenvalue weighted by atomic mass is 15.2. The van der Waals surface area contributed by atoms with Gasteiger partial charge in [-0.05, 0) is 29.9 Å². The average molecular weight is 265 g/mol. The number of likely N-dealkylation sites (tertiary alicyclic amines) is 1. The third kappa shape index (κ3) is 2.64. The van der Waals surface area contributed by atoms with Crippen LogP contribution in [0.5, 0.6) is 0 Å². The Morgan fingerprint density at radius 2 is 1.30 bits per heavy atom. The highest BCUT2D eigenvalue weighted by Gasteiger charge is 2.34. The molecule has 1 saturated heterocycles. The van der Waals surface area contributed by atoms with Crippen LogP contribution in [-0.4, -0.2) is 18.0 Å². The molecule has 3 rings (SSSR count). The molecule has 2 aromatic rings. The lowest BCUT2D eigenvalue weighted by atomic mass is 9.81. The van der Waals surface area contributed by atoms with E-state index in [0.717, 1.165) is 5.92 Å². The second-order valence-corrected chi connectivity index (χ2v) is 6.00. The largest absolute Gasteiger partial charge is 0.296 e.